The molecule has 1 N–H and O–H groups in total. The van der Waals surface area contributed by atoms with E-state index in [-0.39, 0.29) is 5.82 Å². The second-order valence-electron chi connectivity index (χ2n) is 4.45. The molecule has 0 aliphatic heterocycles. The van der Waals surface area contributed by atoms with Crippen molar-refractivity contribution in [1.82, 2.24) is 0 Å². The molecule has 1 aromatic carbocycles. The number of aryl methyl sites for hydroxylation is 2. The van der Waals surface area contributed by atoms with Gasteiger partial charge >= 0.3 is 0 Å². The highest BCUT2D eigenvalue weighted by atomic mass is 32.1. The average molecular weight is 264 g/mol. The first-order chi connectivity index (χ1) is 8.61. The van der Waals surface area contributed by atoms with Crippen molar-refractivity contribution in [2.75, 3.05) is 0 Å². The van der Waals surface area contributed by atoms with Crippen LogP contribution in [0.3, 0.4) is 0 Å². The molecule has 0 amide bonds. The maximum Gasteiger partial charge on any atom is 0.123 e. The van der Waals surface area contributed by atoms with E-state index in [1.807, 2.05) is 18.4 Å². The van der Waals surface area contributed by atoms with Crippen LogP contribution in [0.1, 0.15) is 34.6 Å². The number of benzene rings is 1. The summed E-state index contributed by atoms with van der Waals surface area (Å²) in [6, 6.07) is 6.76. The maximum absolute atomic E-state index is 13.2. The second kappa shape index (κ2) is 5.63. The van der Waals surface area contributed by atoms with Crippen molar-refractivity contribution in [2.24, 2.45) is 0 Å². The van der Waals surface area contributed by atoms with Crippen LogP contribution < -0.4 is 0 Å². The fourth-order valence-electron chi connectivity index (χ4n) is 2.09. The Morgan fingerprint density at radius 3 is 2.78 bits per heavy atom. The van der Waals surface area contributed by atoms with Crippen molar-refractivity contribution in [1.29, 1.82) is 0 Å². The van der Waals surface area contributed by atoms with Gasteiger partial charge in [-0.25, -0.2) is 4.39 Å². The first-order valence-electron chi connectivity index (χ1n) is 6.11. The molecule has 0 aliphatic rings. The molecular formula is C15H17FOS. The Kier molecular flexibility index (Phi) is 4.15. The first-order valence-corrected chi connectivity index (χ1v) is 6.99. The molecule has 96 valence electrons. The molecule has 0 saturated heterocycles. The highest BCUT2D eigenvalue weighted by Crippen LogP contribution is 2.28. The summed E-state index contributed by atoms with van der Waals surface area (Å²) in [5.41, 5.74) is 3.07. The van der Waals surface area contributed by atoms with Crippen LogP contribution in [-0.2, 0) is 12.8 Å². The topological polar surface area (TPSA) is 20.2 Å². The Morgan fingerprint density at radius 2 is 2.06 bits per heavy atom. The molecule has 3 heteroatoms. The molecule has 1 nitrogen and oxygen atoms in total. The Morgan fingerprint density at radius 1 is 1.28 bits per heavy atom. The SMILES string of the molecule is CCc1ccsc1C(O)Cc1cc(F)ccc1C. The van der Waals surface area contributed by atoms with Gasteiger partial charge < -0.3 is 5.11 Å². The maximum atomic E-state index is 13.2. The van der Waals surface area contributed by atoms with E-state index < -0.39 is 6.10 Å². The largest absolute Gasteiger partial charge is 0.387 e. The van der Waals surface area contributed by atoms with Gasteiger partial charge in [0.25, 0.3) is 0 Å². The molecule has 0 spiro atoms. The van der Waals surface area contributed by atoms with E-state index in [1.54, 1.807) is 17.4 Å². The zero-order valence-corrected chi connectivity index (χ0v) is 11.4. The molecular weight excluding hydrogens is 247 g/mol. The van der Waals surface area contributed by atoms with Crippen LogP contribution in [0.5, 0.6) is 0 Å². The van der Waals surface area contributed by atoms with E-state index >= 15 is 0 Å². The van der Waals surface area contributed by atoms with Crippen molar-refractivity contribution >= 4 is 11.3 Å². The van der Waals surface area contributed by atoms with Crippen LogP contribution in [0.25, 0.3) is 0 Å². The van der Waals surface area contributed by atoms with Crippen LogP contribution >= 0.6 is 11.3 Å². The van der Waals surface area contributed by atoms with Crippen LogP contribution in [0.2, 0.25) is 0 Å². The van der Waals surface area contributed by atoms with Gasteiger partial charge in [-0.15, -0.1) is 11.3 Å². The molecule has 0 fully saturated rings. The minimum Gasteiger partial charge on any atom is -0.387 e. The van der Waals surface area contributed by atoms with Gasteiger partial charge in [0.15, 0.2) is 0 Å². The Labute approximate surface area is 111 Å². The van der Waals surface area contributed by atoms with Gasteiger partial charge in [-0.05, 0) is 53.6 Å². The fraction of sp³-hybridized carbons (Fsp3) is 0.333. The molecule has 1 aromatic heterocycles. The van der Waals surface area contributed by atoms with Gasteiger partial charge in [0.05, 0.1) is 6.10 Å². The number of aliphatic hydroxyl groups excluding tert-OH is 1. The van der Waals surface area contributed by atoms with Crippen LogP contribution in [-0.4, -0.2) is 5.11 Å². The summed E-state index contributed by atoms with van der Waals surface area (Å²) in [6.45, 7) is 4.02. The molecule has 0 aliphatic carbocycles. The summed E-state index contributed by atoms with van der Waals surface area (Å²) >= 11 is 1.57. The smallest absolute Gasteiger partial charge is 0.123 e. The van der Waals surface area contributed by atoms with E-state index in [0.29, 0.717) is 6.42 Å². The van der Waals surface area contributed by atoms with Crippen molar-refractivity contribution < 1.29 is 9.50 Å². The molecule has 1 atom stereocenters. The van der Waals surface area contributed by atoms with Gasteiger partial charge in [0.1, 0.15) is 5.82 Å². The minimum absolute atomic E-state index is 0.246. The van der Waals surface area contributed by atoms with E-state index in [9.17, 15) is 9.50 Å². The summed E-state index contributed by atoms with van der Waals surface area (Å²) in [5, 5.41) is 12.3. The van der Waals surface area contributed by atoms with Gasteiger partial charge in [-0.3, -0.25) is 0 Å². The lowest BCUT2D eigenvalue weighted by atomic mass is 10.00. The number of hydrogen-bond acceptors (Lipinski definition) is 2. The lowest BCUT2D eigenvalue weighted by molar-refractivity contribution is 0.181. The summed E-state index contributed by atoms with van der Waals surface area (Å²) in [6.07, 6.45) is 0.843. The molecule has 2 aromatic rings. The molecule has 0 saturated carbocycles. The molecule has 18 heavy (non-hydrogen) atoms. The molecule has 0 radical (unpaired) electrons. The van der Waals surface area contributed by atoms with Crippen molar-refractivity contribution in [3.8, 4) is 0 Å². The van der Waals surface area contributed by atoms with Crippen LogP contribution in [0, 0.1) is 12.7 Å². The third kappa shape index (κ3) is 2.79. The van der Waals surface area contributed by atoms with Crippen LogP contribution in [0.4, 0.5) is 4.39 Å². The number of rotatable bonds is 4. The van der Waals surface area contributed by atoms with Crippen molar-refractivity contribution in [2.45, 2.75) is 32.8 Å². The lowest BCUT2D eigenvalue weighted by Gasteiger charge is -2.13. The predicted molar refractivity (Wildman–Crippen MR) is 73.5 cm³/mol. The summed E-state index contributed by atoms with van der Waals surface area (Å²) in [5.74, 6) is -0.246. The van der Waals surface area contributed by atoms with Gasteiger partial charge in [0.2, 0.25) is 0 Å². The molecule has 0 bridgehead atoms. The van der Waals surface area contributed by atoms with Gasteiger partial charge in [-0.1, -0.05) is 13.0 Å². The second-order valence-corrected chi connectivity index (χ2v) is 5.40. The summed E-state index contributed by atoms with van der Waals surface area (Å²) in [7, 11) is 0. The molecule has 2 rings (SSSR count). The Bertz CT molecular complexity index is 533. The van der Waals surface area contributed by atoms with Gasteiger partial charge in [-0.2, -0.15) is 0 Å². The number of thiophene rings is 1. The third-order valence-electron chi connectivity index (χ3n) is 3.19. The van der Waals surface area contributed by atoms with E-state index in [1.165, 1.54) is 17.7 Å². The lowest BCUT2D eigenvalue weighted by Crippen LogP contribution is -2.04. The average Bonchev–Trinajstić information content (AvgIpc) is 2.82. The predicted octanol–water partition coefficient (Wildman–Crippen LogP) is 4.03. The molecule has 1 unspecified atom stereocenters. The number of hydrogen-bond donors (Lipinski definition) is 1. The standard InChI is InChI=1S/C15H17FOS/c1-3-11-6-7-18-15(11)14(17)9-12-8-13(16)5-4-10(12)2/h4-8,14,17H,3,9H2,1-2H3. The Hall–Kier alpha value is -1.19. The minimum atomic E-state index is -0.541. The third-order valence-corrected chi connectivity index (χ3v) is 4.25. The first kappa shape index (κ1) is 13.2. The Balaban J connectivity index is 2.21. The van der Waals surface area contributed by atoms with Crippen LogP contribution in [0.15, 0.2) is 29.6 Å². The quantitative estimate of drug-likeness (QED) is 0.883. The number of aliphatic hydroxyl groups is 1. The zero-order chi connectivity index (χ0) is 13.1. The monoisotopic (exact) mass is 264 g/mol. The van der Waals surface area contributed by atoms with E-state index in [2.05, 4.69) is 6.92 Å². The van der Waals surface area contributed by atoms with E-state index in [4.69, 9.17) is 0 Å². The highest BCUT2D eigenvalue weighted by Gasteiger charge is 2.15. The summed E-state index contributed by atoms with van der Waals surface area (Å²) < 4.78 is 13.2. The highest BCUT2D eigenvalue weighted by molar-refractivity contribution is 7.10. The van der Waals surface area contributed by atoms with Crippen molar-refractivity contribution in [3.63, 3.8) is 0 Å². The summed E-state index contributed by atoms with van der Waals surface area (Å²) in [4.78, 5) is 1.00. The zero-order valence-electron chi connectivity index (χ0n) is 10.6. The van der Waals surface area contributed by atoms with Gasteiger partial charge in [0, 0.05) is 11.3 Å². The van der Waals surface area contributed by atoms with E-state index in [0.717, 1.165) is 22.4 Å². The normalized spacial score (nSPS) is 12.7. The number of halogens is 1. The molecule has 1 heterocycles. The van der Waals surface area contributed by atoms with Crippen molar-refractivity contribution in [3.05, 3.63) is 57.0 Å². The fourth-order valence-corrected chi connectivity index (χ4v) is 3.08.